The van der Waals surface area contributed by atoms with E-state index < -0.39 is 0 Å². The Morgan fingerprint density at radius 3 is 2.80 bits per heavy atom. The zero-order chi connectivity index (χ0) is 17.6. The van der Waals surface area contributed by atoms with E-state index in [-0.39, 0.29) is 34.3 Å². The highest BCUT2D eigenvalue weighted by molar-refractivity contribution is 5.73. The van der Waals surface area contributed by atoms with Gasteiger partial charge in [0.15, 0.2) is 0 Å². The Kier molecular flexibility index (Phi) is 3.67. The van der Waals surface area contributed by atoms with Crippen molar-refractivity contribution in [2.45, 2.75) is 18.4 Å². The first-order valence-electron chi connectivity index (χ1n) is 8.14. The van der Waals surface area contributed by atoms with Crippen LogP contribution in [0, 0.1) is 21.8 Å². The molecule has 1 N–H and O–H groups in total. The van der Waals surface area contributed by atoms with Gasteiger partial charge in [-0.2, -0.15) is 0 Å². The maximum absolute atomic E-state index is 14.4. The normalized spacial score (nSPS) is 23.5. The van der Waals surface area contributed by atoms with E-state index in [9.17, 15) is 14.5 Å². The Morgan fingerprint density at radius 2 is 2.08 bits per heavy atom. The summed E-state index contributed by atoms with van der Waals surface area (Å²) in [5, 5.41) is 14.9. The molecule has 0 saturated heterocycles. The summed E-state index contributed by atoms with van der Waals surface area (Å²) in [6, 6.07) is 9.45. The van der Waals surface area contributed by atoms with Crippen LogP contribution in [0.4, 0.5) is 15.8 Å². The molecule has 6 heteroatoms. The number of halogens is 1. The standard InChI is InChI=1S/C19H17FN2O3/c1-25-16-10-9-15(22(23)24)17-11-6-4-7-12(11)18(21-19(16)17)13-5-2-3-8-14(13)20/h2-6,8-12,18,21H,7H2,1H3/t11-,12+,18-/m0/s1. The molecule has 0 fully saturated rings. The minimum atomic E-state index is -0.368. The second-order valence-corrected chi connectivity index (χ2v) is 6.33. The predicted molar refractivity (Wildman–Crippen MR) is 92.4 cm³/mol. The lowest BCUT2D eigenvalue weighted by atomic mass is 9.76. The Morgan fingerprint density at radius 1 is 1.28 bits per heavy atom. The van der Waals surface area contributed by atoms with E-state index in [0.717, 1.165) is 6.42 Å². The van der Waals surface area contributed by atoms with Gasteiger partial charge in [-0.25, -0.2) is 4.39 Å². The monoisotopic (exact) mass is 340 g/mol. The van der Waals surface area contributed by atoms with Gasteiger partial charge in [0, 0.05) is 17.5 Å². The highest BCUT2D eigenvalue weighted by atomic mass is 19.1. The highest BCUT2D eigenvalue weighted by Gasteiger charge is 2.43. The Balaban J connectivity index is 1.91. The lowest BCUT2D eigenvalue weighted by molar-refractivity contribution is -0.385. The van der Waals surface area contributed by atoms with E-state index in [2.05, 4.69) is 5.32 Å². The Labute approximate surface area is 144 Å². The maximum Gasteiger partial charge on any atom is 0.275 e. The molecule has 0 saturated carbocycles. The number of anilines is 1. The minimum Gasteiger partial charge on any atom is -0.495 e. The van der Waals surface area contributed by atoms with Crippen LogP contribution in [0.1, 0.15) is 29.5 Å². The molecule has 0 amide bonds. The number of nitro groups is 1. The number of nitro benzene ring substituents is 1. The van der Waals surface area contributed by atoms with Crippen LogP contribution in [0.15, 0.2) is 48.6 Å². The molecule has 0 bridgehead atoms. The van der Waals surface area contributed by atoms with E-state index in [4.69, 9.17) is 4.74 Å². The van der Waals surface area contributed by atoms with Crippen molar-refractivity contribution < 1.29 is 14.1 Å². The summed E-state index contributed by atoms with van der Waals surface area (Å²) in [4.78, 5) is 11.2. The van der Waals surface area contributed by atoms with E-state index in [1.807, 2.05) is 12.2 Å². The number of nitrogens with zero attached hydrogens (tertiary/aromatic N) is 1. The third-order valence-electron chi connectivity index (χ3n) is 5.12. The molecule has 2 aromatic carbocycles. The Hall–Kier alpha value is -2.89. The first kappa shape index (κ1) is 15.6. The molecule has 4 rings (SSSR count). The summed E-state index contributed by atoms with van der Waals surface area (Å²) in [7, 11) is 1.53. The molecular formula is C19H17FN2O3. The maximum atomic E-state index is 14.4. The molecule has 0 unspecified atom stereocenters. The van der Waals surface area contributed by atoms with Gasteiger partial charge < -0.3 is 10.1 Å². The SMILES string of the molecule is COc1ccc([N+](=O)[O-])c2c1N[C@H](c1ccccc1F)[C@@H]1CC=C[C@H]21. The van der Waals surface area contributed by atoms with Crippen LogP contribution in [-0.4, -0.2) is 12.0 Å². The van der Waals surface area contributed by atoms with Crippen molar-refractivity contribution >= 4 is 11.4 Å². The largest absolute Gasteiger partial charge is 0.495 e. The minimum absolute atomic E-state index is 0.0233. The molecule has 128 valence electrons. The number of rotatable bonds is 3. The molecule has 1 heterocycles. The zero-order valence-corrected chi connectivity index (χ0v) is 13.6. The summed E-state index contributed by atoms with van der Waals surface area (Å²) >= 11 is 0. The molecule has 1 aliphatic carbocycles. The number of benzene rings is 2. The van der Waals surface area contributed by atoms with Crippen LogP contribution in [0.25, 0.3) is 0 Å². The van der Waals surface area contributed by atoms with Crippen molar-refractivity contribution in [3.05, 3.63) is 75.6 Å². The fourth-order valence-electron chi connectivity index (χ4n) is 4.03. The quantitative estimate of drug-likeness (QED) is 0.505. The molecular weight excluding hydrogens is 323 g/mol. The second-order valence-electron chi connectivity index (χ2n) is 6.33. The number of nitrogens with one attached hydrogen (secondary N) is 1. The van der Waals surface area contributed by atoms with Crippen molar-refractivity contribution in [3.63, 3.8) is 0 Å². The van der Waals surface area contributed by atoms with Gasteiger partial charge in [0.25, 0.3) is 5.69 Å². The fraction of sp³-hybridized carbons (Fsp3) is 0.263. The fourth-order valence-corrected chi connectivity index (χ4v) is 4.03. The zero-order valence-electron chi connectivity index (χ0n) is 13.6. The highest BCUT2D eigenvalue weighted by Crippen LogP contribution is 2.55. The third-order valence-corrected chi connectivity index (χ3v) is 5.12. The van der Waals surface area contributed by atoms with Crippen LogP contribution < -0.4 is 10.1 Å². The molecule has 0 aromatic heterocycles. The molecule has 25 heavy (non-hydrogen) atoms. The van der Waals surface area contributed by atoms with Crippen LogP contribution in [0.3, 0.4) is 0 Å². The van der Waals surface area contributed by atoms with Crippen LogP contribution >= 0.6 is 0 Å². The summed E-state index contributed by atoms with van der Waals surface area (Å²) < 4.78 is 19.8. The summed E-state index contributed by atoms with van der Waals surface area (Å²) in [5.41, 5.74) is 1.84. The summed E-state index contributed by atoms with van der Waals surface area (Å²) in [6.07, 6.45) is 4.75. The number of methoxy groups -OCH3 is 1. The van der Waals surface area contributed by atoms with Gasteiger partial charge in [-0.3, -0.25) is 10.1 Å². The molecule has 1 aliphatic heterocycles. The van der Waals surface area contributed by atoms with Gasteiger partial charge in [0.1, 0.15) is 11.6 Å². The van der Waals surface area contributed by atoms with Crippen molar-refractivity contribution in [1.29, 1.82) is 0 Å². The number of fused-ring (bicyclic) bond motifs is 3. The molecule has 2 aromatic rings. The van der Waals surface area contributed by atoms with E-state index in [1.165, 1.54) is 19.2 Å². The van der Waals surface area contributed by atoms with Gasteiger partial charge in [-0.15, -0.1) is 0 Å². The topological polar surface area (TPSA) is 64.4 Å². The molecule has 5 nitrogen and oxygen atoms in total. The molecule has 3 atom stereocenters. The number of hydrogen-bond donors (Lipinski definition) is 1. The Bertz CT molecular complexity index is 881. The van der Waals surface area contributed by atoms with E-state index >= 15 is 0 Å². The molecule has 2 aliphatic rings. The number of hydrogen-bond acceptors (Lipinski definition) is 4. The summed E-state index contributed by atoms with van der Waals surface area (Å²) in [6.45, 7) is 0. The first-order valence-corrected chi connectivity index (χ1v) is 8.14. The summed E-state index contributed by atoms with van der Waals surface area (Å²) in [5.74, 6) is 0.130. The number of allylic oxidation sites excluding steroid dienone is 2. The van der Waals surface area contributed by atoms with Crippen LogP contribution in [0.2, 0.25) is 0 Å². The van der Waals surface area contributed by atoms with Gasteiger partial charge in [0.05, 0.1) is 29.3 Å². The second kappa shape index (κ2) is 5.88. The van der Waals surface area contributed by atoms with Gasteiger partial charge in [-0.05, 0) is 24.5 Å². The third kappa shape index (κ3) is 2.36. The smallest absolute Gasteiger partial charge is 0.275 e. The van der Waals surface area contributed by atoms with Crippen LogP contribution in [0.5, 0.6) is 5.75 Å². The lowest BCUT2D eigenvalue weighted by Gasteiger charge is -2.37. The van der Waals surface area contributed by atoms with Crippen molar-refractivity contribution in [3.8, 4) is 5.75 Å². The van der Waals surface area contributed by atoms with Crippen LogP contribution in [-0.2, 0) is 0 Å². The van der Waals surface area contributed by atoms with Crippen molar-refractivity contribution in [2.24, 2.45) is 5.92 Å². The number of ether oxygens (including phenoxy) is 1. The first-order chi connectivity index (χ1) is 12.1. The van der Waals surface area contributed by atoms with Gasteiger partial charge in [0.2, 0.25) is 0 Å². The van der Waals surface area contributed by atoms with Crippen molar-refractivity contribution in [1.82, 2.24) is 0 Å². The molecule has 0 spiro atoms. The van der Waals surface area contributed by atoms with Gasteiger partial charge >= 0.3 is 0 Å². The predicted octanol–water partition coefficient (Wildman–Crippen LogP) is 4.57. The lowest BCUT2D eigenvalue weighted by Crippen LogP contribution is -2.30. The van der Waals surface area contributed by atoms with E-state index in [0.29, 0.717) is 22.6 Å². The average molecular weight is 340 g/mol. The van der Waals surface area contributed by atoms with Gasteiger partial charge in [-0.1, -0.05) is 30.4 Å². The van der Waals surface area contributed by atoms with Crippen molar-refractivity contribution in [2.75, 3.05) is 12.4 Å². The average Bonchev–Trinajstić information content (AvgIpc) is 3.10. The molecule has 0 radical (unpaired) electrons. The van der Waals surface area contributed by atoms with E-state index in [1.54, 1.807) is 24.3 Å².